The first-order chi connectivity index (χ1) is 9.70. The molecule has 0 saturated carbocycles. The van der Waals surface area contributed by atoms with Crippen LogP contribution >= 0.6 is 11.8 Å². The van der Waals surface area contributed by atoms with Crippen LogP contribution in [0.4, 0.5) is 0 Å². The van der Waals surface area contributed by atoms with Crippen molar-refractivity contribution in [3.8, 4) is 0 Å². The van der Waals surface area contributed by atoms with E-state index in [0.717, 1.165) is 17.7 Å². The SMILES string of the molecule is CCc1ccc(C(=O)CSCc2ccccc2C)cc1. The standard InChI is InChI=1S/C18H20OS/c1-3-15-8-10-16(11-9-15)18(19)13-20-12-17-7-5-4-6-14(17)2/h4-11H,3,12-13H2,1-2H3. The van der Waals surface area contributed by atoms with Gasteiger partial charge in [-0.3, -0.25) is 4.79 Å². The zero-order valence-electron chi connectivity index (χ0n) is 12.1. The number of carbonyl (C=O) groups is 1. The van der Waals surface area contributed by atoms with Crippen LogP contribution in [-0.4, -0.2) is 11.5 Å². The van der Waals surface area contributed by atoms with Gasteiger partial charge < -0.3 is 0 Å². The largest absolute Gasteiger partial charge is 0.293 e. The molecule has 1 nitrogen and oxygen atoms in total. The Hall–Kier alpha value is -1.54. The summed E-state index contributed by atoms with van der Waals surface area (Å²) in [5.41, 5.74) is 4.69. The van der Waals surface area contributed by atoms with Crippen molar-refractivity contribution in [3.05, 3.63) is 70.8 Å². The number of aryl methyl sites for hydroxylation is 2. The monoisotopic (exact) mass is 284 g/mol. The minimum atomic E-state index is 0.214. The summed E-state index contributed by atoms with van der Waals surface area (Å²) in [7, 11) is 0. The molecule has 0 saturated heterocycles. The predicted octanol–water partition coefficient (Wildman–Crippen LogP) is 4.67. The van der Waals surface area contributed by atoms with Gasteiger partial charge >= 0.3 is 0 Å². The Morgan fingerprint density at radius 3 is 2.40 bits per heavy atom. The molecule has 0 aliphatic carbocycles. The third-order valence-corrected chi connectivity index (χ3v) is 4.42. The van der Waals surface area contributed by atoms with E-state index in [1.807, 2.05) is 36.4 Å². The van der Waals surface area contributed by atoms with Crippen LogP contribution in [0.3, 0.4) is 0 Å². The van der Waals surface area contributed by atoms with E-state index >= 15 is 0 Å². The molecule has 104 valence electrons. The first-order valence-electron chi connectivity index (χ1n) is 6.95. The number of ketones is 1. The van der Waals surface area contributed by atoms with Crippen molar-refractivity contribution in [2.24, 2.45) is 0 Å². The number of hydrogen-bond acceptors (Lipinski definition) is 2. The Morgan fingerprint density at radius 2 is 1.75 bits per heavy atom. The van der Waals surface area contributed by atoms with E-state index < -0.39 is 0 Å². The highest BCUT2D eigenvalue weighted by Gasteiger charge is 2.06. The Morgan fingerprint density at radius 1 is 1.05 bits per heavy atom. The fraction of sp³-hybridized carbons (Fsp3) is 0.278. The maximum absolute atomic E-state index is 12.1. The lowest BCUT2D eigenvalue weighted by atomic mass is 10.1. The first-order valence-corrected chi connectivity index (χ1v) is 8.10. The van der Waals surface area contributed by atoms with E-state index in [9.17, 15) is 4.79 Å². The van der Waals surface area contributed by atoms with Crippen molar-refractivity contribution < 1.29 is 4.79 Å². The maximum atomic E-state index is 12.1. The topological polar surface area (TPSA) is 17.1 Å². The Labute approximate surface area is 125 Å². The molecular formula is C18H20OS. The lowest BCUT2D eigenvalue weighted by Gasteiger charge is -2.05. The molecule has 0 aromatic heterocycles. The van der Waals surface area contributed by atoms with Gasteiger partial charge in [-0.1, -0.05) is 55.5 Å². The van der Waals surface area contributed by atoms with Crippen LogP contribution in [-0.2, 0) is 12.2 Å². The molecule has 0 atom stereocenters. The number of rotatable bonds is 6. The molecule has 0 amide bonds. The van der Waals surface area contributed by atoms with E-state index in [1.165, 1.54) is 16.7 Å². The van der Waals surface area contributed by atoms with Crippen LogP contribution < -0.4 is 0 Å². The van der Waals surface area contributed by atoms with Crippen LogP contribution in [0, 0.1) is 6.92 Å². The normalized spacial score (nSPS) is 10.5. The lowest BCUT2D eigenvalue weighted by Crippen LogP contribution is -2.03. The molecule has 0 spiro atoms. The summed E-state index contributed by atoms with van der Waals surface area (Å²) in [6.45, 7) is 4.23. The molecule has 0 unspecified atom stereocenters. The van der Waals surface area contributed by atoms with Crippen molar-refractivity contribution in [3.63, 3.8) is 0 Å². The zero-order chi connectivity index (χ0) is 14.4. The van der Waals surface area contributed by atoms with Gasteiger partial charge in [0.15, 0.2) is 5.78 Å². The van der Waals surface area contributed by atoms with E-state index in [1.54, 1.807) is 11.8 Å². The summed E-state index contributed by atoms with van der Waals surface area (Å²) in [4.78, 5) is 12.1. The third-order valence-electron chi connectivity index (χ3n) is 3.44. The van der Waals surface area contributed by atoms with Gasteiger partial charge in [0, 0.05) is 11.3 Å². The van der Waals surface area contributed by atoms with Crippen LogP contribution in [0.1, 0.15) is 34.0 Å². The molecule has 20 heavy (non-hydrogen) atoms. The van der Waals surface area contributed by atoms with Gasteiger partial charge in [-0.2, -0.15) is 0 Å². The van der Waals surface area contributed by atoms with Gasteiger partial charge in [0.25, 0.3) is 0 Å². The fourth-order valence-electron chi connectivity index (χ4n) is 2.04. The van der Waals surface area contributed by atoms with E-state index in [0.29, 0.717) is 5.75 Å². The highest BCUT2D eigenvalue weighted by molar-refractivity contribution is 7.99. The summed E-state index contributed by atoms with van der Waals surface area (Å²) in [6.07, 6.45) is 1.01. The number of hydrogen-bond donors (Lipinski definition) is 0. The van der Waals surface area contributed by atoms with Gasteiger partial charge in [-0.15, -0.1) is 11.8 Å². The van der Waals surface area contributed by atoms with Crippen molar-refractivity contribution in [1.82, 2.24) is 0 Å². The second-order valence-corrected chi connectivity index (χ2v) is 5.88. The Balaban J connectivity index is 1.87. The fourth-order valence-corrected chi connectivity index (χ4v) is 3.03. The summed E-state index contributed by atoms with van der Waals surface area (Å²) in [6, 6.07) is 16.3. The Bertz CT molecular complexity index is 572. The molecule has 0 aliphatic rings. The van der Waals surface area contributed by atoms with Crippen LogP contribution in [0.2, 0.25) is 0 Å². The van der Waals surface area contributed by atoms with Gasteiger partial charge in [-0.25, -0.2) is 0 Å². The highest BCUT2D eigenvalue weighted by Crippen LogP contribution is 2.17. The maximum Gasteiger partial charge on any atom is 0.172 e. The second-order valence-electron chi connectivity index (χ2n) is 4.89. The van der Waals surface area contributed by atoms with Crippen LogP contribution in [0.25, 0.3) is 0 Å². The summed E-state index contributed by atoms with van der Waals surface area (Å²) >= 11 is 1.68. The molecule has 0 heterocycles. The predicted molar refractivity (Wildman–Crippen MR) is 87.5 cm³/mol. The summed E-state index contributed by atoms with van der Waals surface area (Å²) in [5, 5.41) is 0. The molecule has 2 aromatic rings. The van der Waals surface area contributed by atoms with E-state index in [4.69, 9.17) is 0 Å². The van der Waals surface area contributed by atoms with Crippen LogP contribution in [0.15, 0.2) is 48.5 Å². The zero-order valence-corrected chi connectivity index (χ0v) is 12.9. The molecule has 2 aromatic carbocycles. The van der Waals surface area contributed by atoms with Crippen molar-refractivity contribution in [2.45, 2.75) is 26.0 Å². The molecule has 0 fully saturated rings. The molecule has 0 radical (unpaired) electrons. The van der Waals surface area contributed by atoms with Crippen molar-refractivity contribution in [2.75, 3.05) is 5.75 Å². The van der Waals surface area contributed by atoms with Gasteiger partial charge in [0.05, 0.1) is 5.75 Å². The van der Waals surface area contributed by atoms with Crippen molar-refractivity contribution >= 4 is 17.5 Å². The average molecular weight is 284 g/mol. The smallest absolute Gasteiger partial charge is 0.172 e. The quantitative estimate of drug-likeness (QED) is 0.717. The Kier molecular flexibility index (Phi) is 5.42. The van der Waals surface area contributed by atoms with Gasteiger partial charge in [0.2, 0.25) is 0 Å². The third kappa shape index (κ3) is 3.97. The molecule has 0 bridgehead atoms. The number of Topliss-reactive ketones (excluding diaryl/α,β-unsaturated/α-hetero) is 1. The minimum Gasteiger partial charge on any atom is -0.293 e. The van der Waals surface area contributed by atoms with Crippen molar-refractivity contribution in [1.29, 1.82) is 0 Å². The van der Waals surface area contributed by atoms with Gasteiger partial charge in [-0.05, 0) is 30.0 Å². The molecule has 2 heteroatoms. The number of thioether (sulfide) groups is 1. The molecule has 0 aliphatic heterocycles. The van der Waals surface area contributed by atoms with Gasteiger partial charge in [0.1, 0.15) is 0 Å². The highest BCUT2D eigenvalue weighted by atomic mass is 32.2. The van der Waals surface area contributed by atoms with E-state index in [2.05, 4.69) is 26.0 Å². The molecular weight excluding hydrogens is 264 g/mol. The first kappa shape index (κ1) is 14.9. The summed E-state index contributed by atoms with van der Waals surface area (Å²) < 4.78 is 0. The number of benzene rings is 2. The van der Waals surface area contributed by atoms with E-state index in [-0.39, 0.29) is 5.78 Å². The second kappa shape index (κ2) is 7.30. The van der Waals surface area contributed by atoms with Crippen LogP contribution in [0.5, 0.6) is 0 Å². The number of carbonyl (C=O) groups excluding carboxylic acids is 1. The molecule has 0 N–H and O–H groups in total. The average Bonchev–Trinajstić information content (AvgIpc) is 2.49. The summed E-state index contributed by atoms with van der Waals surface area (Å²) in [5.74, 6) is 1.65. The molecule has 2 rings (SSSR count). The minimum absolute atomic E-state index is 0.214. The lowest BCUT2D eigenvalue weighted by molar-refractivity contribution is 0.102.